The zero-order chi connectivity index (χ0) is 25.0. The molecule has 1 aromatic heterocycles. The molecule has 0 saturated carbocycles. The molecule has 2 aromatic carbocycles. The topological polar surface area (TPSA) is 106 Å². The fraction of sp³-hybridized carbons (Fsp3) is 0.238. The predicted molar refractivity (Wildman–Crippen MR) is 113 cm³/mol. The Hall–Kier alpha value is -3.80. The van der Waals surface area contributed by atoms with Gasteiger partial charge in [0, 0.05) is 24.5 Å². The maximum Gasteiger partial charge on any atom is 0.416 e. The lowest BCUT2D eigenvalue weighted by molar-refractivity contribution is -0.386. The molecule has 34 heavy (non-hydrogen) atoms. The van der Waals surface area contributed by atoms with Crippen LogP contribution in [-0.2, 0) is 15.7 Å². The second-order valence-corrected chi connectivity index (χ2v) is 7.32. The SMILES string of the molecule is CC(Oc1cc(Oc2ccc(C(F)(F)F)cc2Cl)ccc1[N+](=O)[O-])C(=O)OC(C)n1cccn1. The summed E-state index contributed by atoms with van der Waals surface area (Å²) in [5.41, 5.74) is -1.43. The van der Waals surface area contributed by atoms with E-state index < -0.39 is 40.7 Å². The molecule has 0 bridgehead atoms. The summed E-state index contributed by atoms with van der Waals surface area (Å²) >= 11 is 5.89. The van der Waals surface area contributed by atoms with E-state index >= 15 is 0 Å². The number of nitro benzene ring substituents is 1. The van der Waals surface area contributed by atoms with Crippen molar-refractivity contribution in [1.82, 2.24) is 9.78 Å². The van der Waals surface area contributed by atoms with Crippen LogP contribution in [0.5, 0.6) is 17.2 Å². The molecule has 1 heterocycles. The molecule has 0 spiro atoms. The monoisotopic (exact) mass is 499 g/mol. The molecule has 0 saturated heterocycles. The lowest BCUT2D eigenvalue weighted by Crippen LogP contribution is -2.28. The molecule has 9 nitrogen and oxygen atoms in total. The summed E-state index contributed by atoms with van der Waals surface area (Å²) in [7, 11) is 0. The zero-order valence-corrected chi connectivity index (χ0v) is 18.4. The molecule has 180 valence electrons. The number of benzene rings is 2. The summed E-state index contributed by atoms with van der Waals surface area (Å²) < 4.78 is 56.0. The number of hydrogen-bond donors (Lipinski definition) is 0. The maximum atomic E-state index is 12.8. The minimum Gasteiger partial charge on any atom is -0.472 e. The quantitative estimate of drug-likeness (QED) is 0.219. The van der Waals surface area contributed by atoms with Crippen molar-refractivity contribution in [2.75, 3.05) is 0 Å². The number of nitro groups is 1. The van der Waals surface area contributed by atoms with Crippen LogP contribution in [0.1, 0.15) is 25.6 Å². The van der Waals surface area contributed by atoms with Crippen molar-refractivity contribution in [3.63, 3.8) is 0 Å². The Morgan fingerprint density at radius 2 is 1.91 bits per heavy atom. The van der Waals surface area contributed by atoms with Crippen LogP contribution in [0.2, 0.25) is 5.02 Å². The number of halogens is 4. The Balaban J connectivity index is 1.78. The van der Waals surface area contributed by atoms with Crippen LogP contribution in [0.3, 0.4) is 0 Å². The van der Waals surface area contributed by atoms with E-state index in [0.29, 0.717) is 6.07 Å². The molecule has 2 atom stereocenters. The summed E-state index contributed by atoms with van der Waals surface area (Å²) in [5, 5.41) is 15.0. The van der Waals surface area contributed by atoms with Gasteiger partial charge in [-0.1, -0.05) is 11.6 Å². The van der Waals surface area contributed by atoms with Crippen molar-refractivity contribution in [2.24, 2.45) is 0 Å². The van der Waals surface area contributed by atoms with Crippen molar-refractivity contribution in [1.29, 1.82) is 0 Å². The van der Waals surface area contributed by atoms with Gasteiger partial charge in [0.2, 0.25) is 5.75 Å². The van der Waals surface area contributed by atoms with Gasteiger partial charge in [-0.3, -0.25) is 10.1 Å². The van der Waals surface area contributed by atoms with E-state index in [1.165, 1.54) is 23.9 Å². The van der Waals surface area contributed by atoms with Crippen LogP contribution < -0.4 is 9.47 Å². The van der Waals surface area contributed by atoms with Crippen LogP contribution >= 0.6 is 11.6 Å². The van der Waals surface area contributed by atoms with Crippen molar-refractivity contribution < 1.29 is 37.1 Å². The van der Waals surface area contributed by atoms with Crippen molar-refractivity contribution in [2.45, 2.75) is 32.4 Å². The van der Waals surface area contributed by atoms with Gasteiger partial charge < -0.3 is 14.2 Å². The summed E-state index contributed by atoms with van der Waals surface area (Å²) in [6, 6.07) is 7.52. The number of carbonyl (C=O) groups excluding carboxylic acids is 1. The number of esters is 1. The van der Waals surface area contributed by atoms with E-state index in [9.17, 15) is 28.1 Å². The average Bonchev–Trinajstić information content (AvgIpc) is 3.29. The molecule has 2 unspecified atom stereocenters. The maximum absolute atomic E-state index is 12.8. The van der Waals surface area contributed by atoms with Crippen LogP contribution in [0.4, 0.5) is 18.9 Å². The van der Waals surface area contributed by atoms with Gasteiger partial charge in [0.15, 0.2) is 12.3 Å². The van der Waals surface area contributed by atoms with Crippen molar-refractivity contribution in [3.05, 3.63) is 75.6 Å². The molecule has 0 fully saturated rings. The highest BCUT2D eigenvalue weighted by Gasteiger charge is 2.31. The number of alkyl halides is 3. The summed E-state index contributed by atoms with van der Waals surface area (Å²) in [4.78, 5) is 23.0. The molecule has 0 amide bonds. The highest BCUT2D eigenvalue weighted by Crippen LogP contribution is 2.38. The van der Waals surface area contributed by atoms with Gasteiger partial charge in [-0.25, -0.2) is 9.48 Å². The van der Waals surface area contributed by atoms with Crippen LogP contribution in [0.25, 0.3) is 0 Å². The van der Waals surface area contributed by atoms with E-state index in [1.807, 2.05) is 0 Å². The molecule has 3 aromatic rings. The molecule has 13 heteroatoms. The number of aromatic nitrogens is 2. The van der Waals surface area contributed by atoms with E-state index in [0.717, 1.165) is 24.3 Å². The minimum absolute atomic E-state index is 0.0206. The first-order valence-corrected chi connectivity index (χ1v) is 10.0. The smallest absolute Gasteiger partial charge is 0.416 e. The first-order chi connectivity index (χ1) is 16.0. The van der Waals surface area contributed by atoms with Gasteiger partial charge in [-0.2, -0.15) is 18.3 Å². The number of ether oxygens (including phenoxy) is 3. The van der Waals surface area contributed by atoms with Gasteiger partial charge in [0.25, 0.3) is 0 Å². The van der Waals surface area contributed by atoms with E-state index in [2.05, 4.69) is 5.10 Å². The fourth-order valence-corrected chi connectivity index (χ4v) is 2.96. The average molecular weight is 500 g/mol. The Labute approximate surface area is 195 Å². The van der Waals surface area contributed by atoms with Crippen LogP contribution in [-0.4, -0.2) is 26.8 Å². The summed E-state index contributed by atoms with van der Waals surface area (Å²) in [5.74, 6) is -1.26. The van der Waals surface area contributed by atoms with Crippen LogP contribution in [0.15, 0.2) is 54.9 Å². The highest BCUT2D eigenvalue weighted by atomic mass is 35.5. The molecule has 0 radical (unpaired) electrons. The van der Waals surface area contributed by atoms with Gasteiger partial charge in [0.05, 0.1) is 15.5 Å². The predicted octanol–water partition coefficient (Wildman–Crippen LogP) is 5.79. The zero-order valence-electron chi connectivity index (χ0n) is 17.7. The second-order valence-electron chi connectivity index (χ2n) is 6.91. The molecule has 0 aliphatic rings. The normalized spacial score (nSPS) is 13.1. The molecular weight excluding hydrogens is 483 g/mol. The third-order valence-electron chi connectivity index (χ3n) is 4.43. The first-order valence-electron chi connectivity index (χ1n) is 9.65. The molecular formula is C21H17ClF3N3O6. The summed E-state index contributed by atoms with van der Waals surface area (Å²) in [6.07, 6.45) is -3.50. The lowest BCUT2D eigenvalue weighted by Gasteiger charge is -2.18. The molecule has 0 N–H and O–H groups in total. The van der Waals surface area contributed by atoms with Gasteiger partial charge in [0.1, 0.15) is 11.5 Å². The van der Waals surface area contributed by atoms with Crippen LogP contribution in [0, 0.1) is 10.1 Å². The largest absolute Gasteiger partial charge is 0.472 e. The van der Waals surface area contributed by atoms with Crippen molar-refractivity contribution in [3.8, 4) is 17.2 Å². The Kier molecular flexibility index (Phi) is 7.30. The first kappa shape index (κ1) is 24.8. The van der Waals surface area contributed by atoms with E-state index in [1.54, 1.807) is 19.2 Å². The highest BCUT2D eigenvalue weighted by molar-refractivity contribution is 6.32. The van der Waals surface area contributed by atoms with Gasteiger partial charge >= 0.3 is 17.8 Å². The lowest BCUT2D eigenvalue weighted by atomic mass is 10.2. The number of hydrogen-bond acceptors (Lipinski definition) is 7. The van der Waals surface area contributed by atoms with Crippen molar-refractivity contribution >= 4 is 23.3 Å². The Morgan fingerprint density at radius 1 is 1.18 bits per heavy atom. The minimum atomic E-state index is -4.59. The Bertz CT molecular complexity index is 1190. The standard InChI is InChI=1S/C21H17ClF3N3O6/c1-12(20(29)33-13(2)27-9-3-8-26-27)32-19-11-15(5-6-17(19)28(30)31)34-18-7-4-14(10-16(18)22)21(23,24)25/h3-13H,1-2H3. The van der Waals surface area contributed by atoms with E-state index in [4.69, 9.17) is 25.8 Å². The number of rotatable bonds is 8. The summed E-state index contributed by atoms with van der Waals surface area (Å²) in [6.45, 7) is 2.91. The third kappa shape index (κ3) is 5.95. The van der Waals surface area contributed by atoms with Gasteiger partial charge in [-0.15, -0.1) is 0 Å². The molecule has 0 aliphatic carbocycles. The fourth-order valence-electron chi connectivity index (χ4n) is 2.74. The van der Waals surface area contributed by atoms with E-state index in [-0.39, 0.29) is 22.3 Å². The Morgan fingerprint density at radius 3 is 2.50 bits per heavy atom. The number of nitrogens with zero attached hydrogens (tertiary/aromatic N) is 3. The number of carbonyl (C=O) groups is 1. The van der Waals surface area contributed by atoms with Gasteiger partial charge in [-0.05, 0) is 44.2 Å². The molecule has 3 rings (SSSR count). The molecule has 0 aliphatic heterocycles. The third-order valence-corrected chi connectivity index (χ3v) is 4.73. The second kappa shape index (κ2) is 10.00.